The van der Waals surface area contributed by atoms with Gasteiger partial charge < -0.3 is 15.5 Å². The predicted molar refractivity (Wildman–Crippen MR) is 110 cm³/mol. The summed E-state index contributed by atoms with van der Waals surface area (Å²) in [5.41, 5.74) is 0. The van der Waals surface area contributed by atoms with Crippen molar-refractivity contribution in [3.8, 4) is 0 Å². The summed E-state index contributed by atoms with van der Waals surface area (Å²) >= 11 is 0. The van der Waals surface area contributed by atoms with Gasteiger partial charge in [-0.1, -0.05) is 46.5 Å². The highest BCUT2D eigenvalue weighted by molar-refractivity contribution is 5.79. The Morgan fingerprint density at radius 2 is 1.64 bits per heavy atom. The van der Waals surface area contributed by atoms with Crippen molar-refractivity contribution in [1.29, 1.82) is 0 Å². The fraction of sp³-hybridized carbons (Fsp3) is 0.950. The second kappa shape index (κ2) is 13.4. The van der Waals surface area contributed by atoms with E-state index in [1.807, 2.05) is 7.05 Å². The molecule has 0 saturated carbocycles. The number of hydrogen-bond acceptors (Lipinski definition) is 3. The molecule has 0 amide bonds. The van der Waals surface area contributed by atoms with Crippen molar-refractivity contribution in [3.05, 3.63) is 0 Å². The van der Waals surface area contributed by atoms with Crippen molar-refractivity contribution in [2.24, 2.45) is 10.9 Å². The molecule has 5 nitrogen and oxygen atoms in total. The van der Waals surface area contributed by atoms with Crippen LogP contribution in [-0.4, -0.2) is 74.7 Å². The first-order valence-corrected chi connectivity index (χ1v) is 10.5. The molecule has 1 unspecified atom stereocenters. The number of rotatable bonds is 11. The minimum atomic E-state index is 0.550. The molecule has 148 valence electrons. The van der Waals surface area contributed by atoms with Gasteiger partial charge in [0.15, 0.2) is 5.96 Å². The topological polar surface area (TPSA) is 42.9 Å². The monoisotopic (exact) mass is 353 g/mol. The zero-order chi connectivity index (χ0) is 18.5. The third-order valence-electron chi connectivity index (χ3n) is 5.27. The number of hydrogen-bond donors (Lipinski definition) is 2. The van der Waals surface area contributed by atoms with Crippen LogP contribution in [0.2, 0.25) is 0 Å². The van der Waals surface area contributed by atoms with Crippen molar-refractivity contribution in [2.45, 2.75) is 65.8 Å². The molecule has 1 heterocycles. The van der Waals surface area contributed by atoms with Gasteiger partial charge in [0.05, 0.1) is 0 Å². The quantitative estimate of drug-likeness (QED) is 0.340. The summed E-state index contributed by atoms with van der Waals surface area (Å²) in [6, 6.07) is 0.550. The van der Waals surface area contributed by atoms with Crippen LogP contribution in [0.25, 0.3) is 0 Å². The Morgan fingerprint density at radius 1 is 0.960 bits per heavy atom. The third kappa shape index (κ3) is 10.0. The molecule has 0 aromatic rings. The highest BCUT2D eigenvalue weighted by Gasteiger charge is 2.20. The van der Waals surface area contributed by atoms with Crippen LogP contribution in [0.3, 0.4) is 0 Å². The molecule has 2 N–H and O–H groups in total. The molecule has 1 saturated heterocycles. The molecular formula is C20H43N5. The van der Waals surface area contributed by atoms with Crippen LogP contribution in [0.15, 0.2) is 4.99 Å². The SMILES string of the molecule is CCN1CCN(C(C)CNC(=NC)NCCCCCCC(C)C)CC1. The van der Waals surface area contributed by atoms with Gasteiger partial charge in [0.25, 0.3) is 0 Å². The molecule has 0 radical (unpaired) electrons. The van der Waals surface area contributed by atoms with Gasteiger partial charge in [-0.3, -0.25) is 9.89 Å². The molecule has 1 atom stereocenters. The van der Waals surface area contributed by atoms with E-state index in [9.17, 15) is 0 Å². The van der Waals surface area contributed by atoms with Gasteiger partial charge in [-0.15, -0.1) is 0 Å². The fourth-order valence-corrected chi connectivity index (χ4v) is 3.35. The largest absolute Gasteiger partial charge is 0.356 e. The Labute approximate surface area is 156 Å². The molecule has 0 spiro atoms. The van der Waals surface area contributed by atoms with E-state index in [1.54, 1.807) is 0 Å². The van der Waals surface area contributed by atoms with Crippen molar-refractivity contribution in [3.63, 3.8) is 0 Å². The van der Waals surface area contributed by atoms with Gasteiger partial charge in [0.2, 0.25) is 0 Å². The summed E-state index contributed by atoms with van der Waals surface area (Å²) in [6.45, 7) is 17.1. The summed E-state index contributed by atoms with van der Waals surface area (Å²) in [6.07, 6.45) is 6.63. The van der Waals surface area contributed by atoms with E-state index in [-0.39, 0.29) is 0 Å². The first-order chi connectivity index (χ1) is 12.1. The summed E-state index contributed by atoms with van der Waals surface area (Å²) in [7, 11) is 1.86. The Balaban J connectivity index is 2.09. The number of likely N-dealkylation sites (N-methyl/N-ethyl adjacent to an activating group) is 1. The fourth-order valence-electron chi connectivity index (χ4n) is 3.35. The predicted octanol–water partition coefficient (Wildman–Crippen LogP) is 2.78. The van der Waals surface area contributed by atoms with Gasteiger partial charge in [-0.2, -0.15) is 0 Å². The third-order valence-corrected chi connectivity index (χ3v) is 5.27. The summed E-state index contributed by atoms with van der Waals surface area (Å²) < 4.78 is 0. The molecule has 0 aromatic heterocycles. The minimum absolute atomic E-state index is 0.550. The van der Waals surface area contributed by atoms with E-state index < -0.39 is 0 Å². The van der Waals surface area contributed by atoms with Gasteiger partial charge in [-0.05, 0) is 25.8 Å². The normalized spacial score (nSPS) is 18.6. The minimum Gasteiger partial charge on any atom is -0.356 e. The van der Waals surface area contributed by atoms with Crippen LogP contribution >= 0.6 is 0 Å². The van der Waals surface area contributed by atoms with E-state index in [1.165, 1.54) is 64.8 Å². The molecule has 0 bridgehead atoms. The molecule has 0 aromatic carbocycles. The maximum absolute atomic E-state index is 4.36. The van der Waals surface area contributed by atoms with Gasteiger partial charge >= 0.3 is 0 Å². The van der Waals surface area contributed by atoms with Crippen LogP contribution < -0.4 is 10.6 Å². The maximum Gasteiger partial charge on any atom is 0.191 e. The smallest absolute Gasteiger partial charge is 0.191 e. The number of unbranched alkanes of at least 4 members (excludes halogenated alkanes) is 3. The van der Waals surface area contributed by atoms with E-state index >= 15 is 0 Å². The van der Waals surface area contributed by atoms with Gasteiger partial charge in [-0.25, -0.2) is 0 Å². The second-order valence-electron chi connectivity index (χ2n) is 7.80. The summed E-state index contributed by atoms with van der Waals surface area (Å²) in [5, 5.41) is 6.95. The van der Waals surface area contributed by atoms with Crippen LogP contribution in [0.4, 0.5) is 0 Å². The van der Waals surface area contributed by atoms with Crippen molar-refractivity contribution < 1.29 is 0 Å². The lowest BCUT2D eigenvalue weighted by atomic mass is 10.0. The van der Waals surface area contributed by atoms with Crippen molar-refractivity contribution >= 4 is 5.96 Å². The van der Waals surface area contributed by atoms with E-state index in [4.69, 9.17) is 0 Å². The number of piperazine rings is 1. The molecule has 1 aliphatic rings. The van der Waals surface area contributed by atoms with Crippen LogP contribution in [0.5, 0.6) is 0 Å². The zero-order valence-corrected chi connectivity index (χ0v) is 17.5. The maximum atomic E-state index is 4.36. The lowest BCUT2D eigenvalue weighted by Gasteiger charge is -2.37. The Morgan fingerprint density at radius 3 is 2.24 bits per heavy atom. The summed E-state index contributed by atoms with van der Waals surface area (Å²) in [5.74, 6) is 1.79. The summed E-state index contributed by atoms with van der Waals surface area (Å²) in [4.78, 5) is 9.47. The molecule has 1 fully saturated rings. The number of guanidine groups is 1. The Bertz CT molecular complexity index is 348. The van der Waals surface area contributed by atoms with Crippen molar-refractivity contribution in [2.75, 3.05) is 52.9 Å². The van der Waals surface area contributed by atoms with E-state index in [0.717, 1.165) is 25.0 Å². The van der Waals surface area contributed by atoms with Crippen molar-refractivity contribution in [1.82, 2.24) is 20.4 Å². The molecular weight excluding hydrogens is 310 g/mol. The molecule has 25 heavy (non-hydrogen) atoms. The zero-order valence-electron chi connectivity index (χ0n) is 17.5. The lowest BCUT2D eigenvalue weighted by molar-refractivity contribution is 0.107. The first kappa shape index (κ1) is 22.2. The average Bonchev–Trinajstić information content (AvgIpc) is 2.62. The Kier molecular flexibility index (Phi) is 11.9. The van der Waals surface area contributed by atoms with Crippen LogP contribution in [0.1, 0.15) is 59.8 Å². The lowest BCUT2D eigenvalue weighted by Crippen LogP contribution is -2.53. The molecule has 1 rings (SSSR count). The molecule has 1 aliphatic heterocycles. The number of aliphatic imine (C=N–C) groups is 1. The second-order valence-corrected chi connectivity index (χ2v) is 7.80. The highest BCUT2D eigenvalue weighted by Crippen LogP contribution is 2.09. The van der Waals surface area contributed by atoms with Crippen LogP contribution in [-0.2, 0) is 0 Å². The van der Waals surface area contributed by atoms with E-state index in [0.29, 0.717) is 6.04 Å². The first-order valence-electron chi connectivity index (χ1n) is 10.5. The van der Waals surface area contributed by atoms with Gasteiger partial charge in [0.1, 0.15) is 0 Å². The highest BCUT2D eigenvalue weighted by atomic mass is 15.3. The average molecular weight is 354 g/mol. The Hall–Kier alpha value is -0.810. The van der Waals surface area contributed by atoms with Gasteiger partial charge in [0, 0.05) is 52.4 Å². The molecule has 5 heteroatoms. The number of nitrogens with one attached hydrogen (secondary N) is 2. The van der Waals surface area contributed by atoms with Crippen LogP contribution in [0, 0.1) is 5.92 Å². The number of nitrogens with zero attached hydrogens (tertiary/aromatic N) is 3. The van der Waals surface area contributed by atoms with E-state index in [2.05, 4.69) is 53.1 Å². The molecule has 0 aliphatic carbocycles. The standard InChI is InChI=1S/C20H43N5/c1-6-24-13-15-25(16-14-24)19(4)17-23-20(21-5)22-12-10-8-7-9-11-18(2)3/h18-19H,6-17H2,1-5H3,(H2,21,22,23).